The monoisotopic (exact) mass is 235 g/mol. The molecule has 4 nitrogen and oxygen atoms in total. The summed E-state index contributed by atoms with van der Waals surface area (Å²) in [4.78, 5) is 22.7. The highest BCUT2D eigenvalue weighted by molar-refractivity contribution is 5.87. The molecule has 0 aliphatic rings. The van der Waals surface area contributed by atoms with Crippen LogP contribution in [-0.2, 0) is 9.59 Å². The minimum absolute atomic E-state index is 0.259. The lowest BCUT2D eigenvalue weighted by Crippen LogP contribution is -2.42. The summed E-state index contributed by atoms with van der Waals surface area (Å²) < 4.78 is 0. The van der Waals surface area contributed by atoms with E-state index in [1.807, 2.05) is 30.3 Å². The third-order valence-electron chi connectivity index (χ3n) is 2.72. The number of carboxylic acid groups (broad SMARTS) is 1. The van der Waals surface area contributed by atoms with Crippen molar-refractivity contribution in [2.75, 3.05) is 0 Å². The van der Waals surface area contributed by atoms with Gasteiger partial charge in [0.1, 0.15) is 6.04 Å². The molecule has 0 fully saturated rings. The van der Waals surface area contributed by atoms with Gasteiger partial charge in [-0.15, -0.1) is 0 Å². The molecule has 17 heavy (non-hydrogen) atoms. The molecule has 1 rings (SSSR count). The number of hydrogen-bond acceptors (Lipinski definition) is 2. The molecule has 0 aliphatic heterocycles. The van der Waals surface area contributed by atoms with Crippen molar-refractivity contribution in [2.24, 2.45) is 0 Å². The normalized spacial score (nSPS) is 13.8. The van der Waals surface area contributed by atoms with Crippen molar-refractivity contribution in [1.29, 1.82) is 0 Å². The second kappa shape index (κ2) is 6.03. The lowest BCUT2D eigenvalue weighted by molar-refractivity contribution is -0.142. The van der Waals surface area contributed by atoms with E-state index in [0.717, 1.165) is 5.56 Å². The molecule has 4 heteroatoms. The van der Waals surface area contributed by atoms with Crippen LogP contribution in [0.3, 0.4) is 0 Å². The van der Waals surface area contributed by atoms with Crippen LogP contribution in [-0.4, -0.2) is 23.0 Å². The van der Waals surface area contributed by atoms with Crippen LogP contribution in [0.1, 0.15) is 31.7 Å². The Kier molecular flexibility index (Phi) is 4.69. The van der Waals surface area contributed by atoms with Gasteiger partial charge in [0.25, 0.3) is 0 Å². The topological polar surface area (TPSA) is 66.4 Å². The van der Waals surface area contributed by atoms with Crippen LogP contribution < -0.4 is 5.32 Å². The van der Waals surface area contributed by atoms with E-state index in [0.29, 0.717) is 6.42 Å². The van der Waals surface area contributed by atoms with Crippen LogP contribution in [0.2, 0.25) is 0 Å². The quantitative estimate of drug-likeness (QED) is 0.817. The Morgan fingerprint density at radius 3 is 2.35 bits per heavy atom. The van der Waals surface area contributed by atoms with Crippen molar-refractivity contribution in [3.05, 3.63) is 35.9 Å². The molecule has 0 heterocycles. The molecule has 1 amide bonds. The minimum Gasteiger partial charge on any atom is -0.480 e. The molecule has 0 aromatic heterocycles. The van der Waals surface area contributed by atoms with Gasteiger partial charge in [-0.3, -0.25) is 4.79 Å². The van der Waals surface area contributed by atoms with Crippen molar-refractivity contribution in [2.45, 2.75) is 32.2 Å². The fraction of sp³-hybridized carbons (Fsp3) is 0.385. The molecule has 2 N–H and O–H groups in total. The third-order valence-corrected chi connectivity index (χ3v) is 2.72. The lowest BCUT2D eigenvalue weighted by atomic mass is 10.00. The Balaban J connectivity index is 2.68. The average Bonchev–Trinajstić information content (AvgIpc) is 2.35. The molecule has 0 bridgehead atoms. The Labute approximate surface area is 101 Å². The minimum atomic E-state index is -0.999. The lowest BCUT2D eigenvalue weighted by Gasteiger charge is -2.16. The first-order chi connectivity index (χ1) is 8.06. The first-order valence-electron chi connectivity index (χ1n) is 5.64. The smallest absolute Gasteiger partial charge is 0.326 e. The molecule has 1 aromatic carbocycles. The van der Waals surface area contributed by atoms with Gasteiger partial charge in [-0.05, 0) is 18.9 Å². The van der Waals surface area contributed by atoms with Crippen molar-refractivity contribution in [3.63, 3.8) is 0 Å². The van der Waals surface area contributed by atoms with Crippen LogP contribution >= 0.6 is 0 Å². The molecule has 2 atom stereocenters. The van der Waals surface area contributed by atoms with E-state index in [2.05, 4.69) is 5.32 Å². The number of nitrogens with one attached hydrogen (secondary N) is 1. The Morgan fingerprint density at radius 2 is 1.88 bits per heavy atom. The fourth-order valence-electron chi connectivity index (χ4n) is 1.53. The average molecular weight is 235 g/mol. The Morgan fingerprint density at radius 1 is 1.29 bits per heavy atom. The van der Waals surface area contributed by atoms with Crippen molar-refractivity contribution in [1.82, 2.24) is 5.32 Å². The molecular formula is C13H17NO3. The Hall–Kier alpha value is -1.84. The molecule has 0 aliphatic carbocycles. The third kappa shape index (κ3) is 3.59. The second-order valence-corrected chi connectivity index (χ2v) is 3.94. The van der Waals surface area contributed by atoms with Gasteiger partial charge in [-0.2, -0.15) is 0 Å². The van der Waals surface area contributed by atoms with Gasteiger partial charge in [0.15, 0.2) is 0 Å². The maximum Gasteiger partial charge on any atom is 0.326 e. The standard InChI is InChI=1S/C13H17NO3/c1-3-11(13(16)17)14-12(15)9(2)10-7-5-4-6-8-10/h4-9,11H,3H2,1-2H3,(H,14,15)(H,16,17)/t9?,11-/m0/s1. The van der Waals surface area contributed by atoms with Crippen LogP contribution in [0.5, 0.6) is 0 Å². The van der Waals surface area contributed by atoms with E-state index in [4.69, 9.17) is 5.11 Å². The van der Waals surface area contributed by atoms with E-state index in [-0.39, 0.29) is 11.8 Å². The number of aliphatic carboxylic acids is 1. The highest BCUT2D eigenvalue weighted by atomic mass is 16.4. The summed E-state index contributed by atoms with van der Waals surface area (Å²) in [6, 6.07) is 8.48. The predicted molar refractivity (Wildman–Crippen MR) is 64.7 cm³/mol. The molecule has 1 aromatic rings. The van der Waals surface area contributed by atoms with Gasteiger partial charge >= 0.3 is 5.97 Å². The van der Waals surface area contributed by atoms with Gasteiger partial charge < -0.3 is 10.4 Å². The summed E-state index contributed by atoms with van der Waals surface area (Å²) in [7, 11) is 0. The van der Waals surface area contributed by atoms with Gasteiger partial charge in [-0.25, -0.2) is 4.79 Å². The van der Waals surface area contributed by atoms with Crippen molar-refractivity contribution >= 4 is 11.9 Å². The number of carbonyl (C=O) groups excluding carboxylic acids is 1. The van der Waals surface area contributed by atoms with Crippen LogP contribution in [0.25, 0.3) is 0 Å². The highest BCUT2D eigenvalue weighted by Crippen LogP contribution is 2.14. The van der Waals surface area contributed by atoms with Crippen LogP contribution in [0.4, 0.5) is 0 Å². The highest BCUT2D eigenvalue weighted by Gasteiger charge is 2.21. The van der Waals surface area contributed by atoms with Crippen LogP contribution in [0.15, 0.2) is 30.3 Å². The van der Waals surface area contributed by atoms with Gasteiger partial charge in [0, 0.05) is 0 Å². The summed E-state index contributed by atoms with van der Waals surface area (Å²) in [5.41, 5.74) is 0.880. The first kappa shape index (κ1) is 13.2. The van der Waals surface area contributed by atoms with E-state index in [1.54, 1.807) is 13.8 Å². The molecule has 0 saturated carbocycles. The zero-order valence-electron chi connectivity index (χ0n) is 10.0. The van der Waals surface area contributed by atoms with Gasteiger partial charge in [-0.1, -0.05) is 37.3 Å². The number of amides is 1. The van der Waals surface area contributed by atoms with Gasteiger partial charge in [0.05, 0.1) is 5.92 Å². The summed E-state index contributed by atoms with van der Waals surface area (Å²) in [6.45, 7) is 3.49. The van der Waals surface area contributed by atoms with Crippen molar-refractivity contribution < 1.29 is 14.7 Å². The molecule has 92 valence electrons. The number of benzene rings is 1. The summed E-state index contributed by atoms with van der Waals surface area (Å²) >= 11 is 0. The SMILES string of the molecule is CC[C@H](NC(=O)C(C)c1ccccc1)C(=O)O. The maximum absolute atomic E-state index is 11.8. The second-order valence-electron chi connectivity index (χ2n) is 3.94. The van der Waals surface area contributed by atoms with Crippen molar-refractivity contribution in [3.8, 4) is 0 Å². The van der Waals surface area contributed by atoms with Crippen LogP contribution in [0, 0.1) is 0 Å². The number of carboxylic acids is 1. The molecule has 0 radical (unpaired) electrons. The predicted octanol–water partition coefficient (Wildman–Crippen LogP) is 1.77. The molecule has 0 spiro atoms. The largest absolute Gasteiger partial charge is 0.480 e. The fourth-order valence-corrected chi connectivity index (χ4v) is 1.53. The number of carbonyl (C=O) groups is 2. The zero-order chi connectivity index (χ0) is 12.8. The van der Waals surface area contributed by atoms with E-state index in [1.165, 1.54) is 0 Å². The first-order valence-corrected chi connectivity index (χ1v) is 5.64. The molecular weight excluding hydrogens is 218 g/mol. The van der Waals surface area contributed by atoms with E-state index >= 15 is 0 Å². The summed E-state index contributed by atoms with van der Waals surface area (Å²) in [5.74, 6) is -1.60. The van der Waals surface area contributed by atoms with E-state index in [9.17, 15) is 9.59 Å². The zero-order valence-corrected chi connectivity index (χ0v) is 10.0. The van der Waals surface area contributed by atoms with E-state index < -0.39 is 12.0 Å². The molecule has 1 unspecified atom stereocenters. The van der Waals surface area contributed by atoms with Gasteiger partial charge in [0.2, 0.25) is 5.91 Å². The summed E-state index contributed by atoms with van der Waals surface area (Å²) in [6.07, 6.45) is 0.378. The summed E-state index contributed by atoms with van der Waals surface area (Å²) in [5, 5.41) is 11.4. The number of rotatable bonds is 5. The molecule has 0 saturated heterocycles. The number of hydrogen-bond donors (Lipinski definition) is 2. The Bertz CT molecular complexity index is 389. The maximum atomic E-state index is 11.8.